The van der Waals surface area contributed by atoms with Crippen molar-refractivity contribution in [1.82, 2.24) is 0 Å². The third kappa shape index (κ3) is 4.00. The summed E-state index contributed by atoms with van der Waals surface area (Å²) in [5, 5.41) is 3.24. The molecule has 1 heterocycles. The van der Waals surface area contributed by atoms with Gasteiger partial charge in [0.1, 0.15) is 6.79 Å². The van der Waals surface area contributed by atoms with Crippen LogP contribution in [0.15, 0.2) is 58.8 Å². The van der Waals surface area contributed by atoms with E-state index in [0.717, 1.165) is 11.3 Å². The van der Waals surface area contributed by atoms with Crippen LogP contribution in [0.4, 0.5) is 5.69 Å². The van der Waals surface area contributed by atoms with Gasteiger partial charge in [-0.3, -0.25) is 5.48 Å². The Morgan fingerprint density at radius 3 is 2.55 bits per heavy atom. The molecule has 3 rings (SSSR count). The molecular weight excluding hydrogens is 318 g/mol. The van der Waals surface area contributed by atoms with Crippen molar-refractivity contribution in [1.29, 1.82) is 0 Å². The van der Waals surface area contributed by atoms with Crippen molar-refractivity contribution in [3.8, 4) is 0 Å². The van der Waals surface area contributed by atoms with E-state index in [1.165, 1.54) is 10.1 Å². The molecule has 0 bridgehead atoms. The summed E-state index contributed by atoms with van der Waals surface area (Å²) >= 11 is 0.138. The predicted octanol–water partition coefficient (Wildman–Crippen LogP) is 4.09. The van der Waals surface area contributed by atoms with Crippen LogP contribution in [0.3, 0.4) is 0 Å². The van der Waals surface area contributed by atoms with Crippen LogP contribution in [-0.4, -0.2) is 11.0 Å². The Kier molecular flexibility index (Phi) is 5.83. The zero-order valence-electron chi connectivity index (χ0n) is 11.9. The molecule has 1 N–H and O–H groups in total. The third-order valence-corrected chi connectivity index (χ3v) is 4.68. The number of hydrogen-bond acceptors (Lipinski definition) is 5. The van der Waals surface area contributed by atoms with E-state index < -0.39 is 11.1 Å². The van der Waals surface area contributed by atoms with Crippen molar-refractivity contribution in [3.63, 3.8) is 0 Å². The molecule has 0 saturated carbocycles. The Morgan fingerprint density at radius 2 is 1.82 bits per heavy atom. The standard InChI is InChI=1S/C15H13NO2S2.CH2O/c1-11-2-6-14(7-3-11)20(17)18-16-13-5-4-12-8-9-19-15(12)10-13;1-2/h2-10,16H,1H3;1H2. The van der Waals surface area contributed by atoms with Crippen LogP contribution >= 0.6 is 11.3 Å². The molecule has 0 aliphatic carbocycles. The van der Waals surface area contributed by atoms with Crippen molar-refractivity contribution in [3.05, 3.63) is 59.5 Å². The molecule has 0 fully saturated rings. The number of hydrogen-bond donors (Lipinski definition) is 1. The fraction of sp³-hybridized carbons (Fsp3) is 0.0625. The quantitative estimate of drug-likeness (QED) is 0.731. The normalized spacial score (nSPS) is 11.5. The average Bonchev–Trinajstić information content (AvgIpc) is 3.03. The van der Waals surface area contributed by atoms with Crippen molar-refractivity contribution in [2.45, 2.75) is 11.8 Å². The molecule has 0 radical (unpaired) electrons. The summed E-state index contributed by atoms with van der Waals surface area (Å²) < 4.78 is 18.3. The zero-order chi connectivity index (χ0) is 15.9. The fourth-order valence-electron chi connectivity index (χ4n) is 1.80. The van der Waals surface area contributed by atoms with Crippen molar-refractivity contribution in [2.24, 2.45) is 0 Å². The molecule has 0 amide bonds. The molecule has 4 nitrogen and oxygen atoms in total. The van der Waals surface area contributed by atoms with Crippen LogP contribution in [0, 0.1) is 6.92 Å². The minimum absolute atomic E-state index is 0.639. The Hall–Kier alpha value is -2.02. The van der Waals surface area contributed by atoms with Gasteiger partial charge in [-0.1, -0.05) is 23.8 Å². The molecule has 0 spiro atoms. The molecule has 2 aromatic carbocycles. The monoisotopic (exact) mass is 333 g/mol. The van der Waals surface area contributed by atoms with Gasteiger partial charge in [0.05, 0.1) is 10.6 Å². The Balaban J connectivity index is 0.000000847. The minimum Gasteiger partial charge on any atom is -0.307 e. The highest BCUT2D eigenvalue weighted by Crippen LogP contribution is 2.24. The van der Waals surface area contributed by atoms with Crippen LogP contribution in [-0.2, 0) is 20.2 Å². The summed E-state index contributed by atoms with van der Waals surface area (Å²) in [6, 6.07) is 15.4. The molecule has 3 aromatic rings. The lowest BCUT2D eigenvalue weighted by Gasteiger charge is -2.06. The Labute approximate surface area is 135 Å². The number of carbonyl (C=O) groups excluding carboxylic acids is 1. The summed E-state index contributed by atoms with van der Waals surface area (Å²) in [7, 11) is 0. The minimum atomic E-state index is -1.52. The van der Waals surface area contributed by atoms with E-state index in [9.17, 15) is 4.21 Å². The van der Waals surface area contributed by atoms with Crippen molar-refractivity contribution >= 4 is 45.0 Å². The summed E-state index contributed by atoms with van der Waals surface area (Å²) in [6.45, 7) is 3.99. The van der Waals surface area contributed by atoms with Crippen molar-refractivity contribution in [2.75, 3.05) is 5.48 Å². The van der Waals surface area contributed by atoms with Gasteiger partial charge in [0.15, 0.2) is 0 Å². The second-order valence-corrected chi connectivity index (χ2v) is 6.46. The molecule has 1 aromatic heterocycles. The van der Waals surface area contributed by atoms with Crippen molar-refractivity contribution < 1.29 is 13.3 Å². The smallest absolute Gasteiger partial charge is 0.212 e. The fourth-order valence-corrected chi connectivity index (χ4v) is 3.26. The largest absolute Gasteiger partial charge is 0.307 e. The van der Waals surface area contributed by atoms with E-state index >= 15 is 0 Å². The van der Waals surface area contributed by atoms with Crippen LogP contribution in [0.25, 0.3) is 10.1 Å². The molecule has 0 aliphatic heterocycles. The highest BCUT2D eigenvalue weighted by molar-refractivity contribution is 7.80. The number of rotatable bonds is 4. The molecule has 0 saturated heterocycles. The first-order valence-corrected chi connectivity index (χ1v) is 8.36. The summed E-state index contributed by atoms with van der Waals surface area (Å²) in [6.07, 6.45) is 0. The number of carbonyl (C=O) groups is 1. The molecule has 1 atom stereocenters. The van der Waals surface area contributed by atoms with Gasteiger partial charge in [0.25, 0.3) is 0 Å². The van der Waals surface area contributed by atoms with Gasteiger partial charge >= 0.3 is 0 Å². The molecule has 1 unspecified atom stereocenters. The number of nitrogens with one attached hydrogen (secondary N) is 1. The maximum atomic E-state index is 12.0. The van der Waals surface area contributed by atoms with E-state index in [1.807, 2.05) is 49.4 Å². The Bertz CT molecular complexity index is 768. The van der Waals surface area contributed by atoms with Gasteiger partial charge in [0.2, 0.25) is 11.1 Å². The van der Waals surface area contributed by atoms with E-state index in [1.54, 1.807) is 23.5 Å². The topological polar surface area (TPSA) is 55.4 Å². The SMILES string of the molecule is C=O.Cc1ccc(S(=O)ONc2ccc3ccsc3c2)cc1. The summed E-state index contributed by atoms with van der Waals surface area (Å²) in [5.74, 6) is 0. The van der Waals surface area contributed by atoms with Gasteiger partial charge in [0, 0.05) is 4.70 Å². The maximum Gasteiger partial charge on any atom is 0.212 e. The zero-order valence-corrected chi connectivity index (χ0v) is 13.6. The van der Waals surface area contributed by atoms with E-state index in [4.69, 9.17) is 9.08 Å². The van der Waals surface area contributed by atoms with Gasteiger partial charge < -0.3 is 4.79 Å². The maximum absolute atomic E-state index is 12.0. The summed E-state index contributed by atoms with van der Waals surface area (Å²) in [4.78, 5) is 8.64. The van der Waals surface area contributed by atoms with Crippen LogP contribution < -0.4 is 5.48 Å². The van der Waals surface area contributed by atoms with E-state index in [2.05, 4.69) is 11.5 Å². The number of anilines is 1. The third-order valence-electron chi connectivity index (χ3n) is 2.90. The molecular formula is C16H15NO3S2. The highest BCUT2D eigenvalue weighted by atomic mass is 32.2. The molecule has 0 aliphatic rings. The van der Waals surface area contributed by atoms with E-state index in [-0.39, 0.29) is 0 Å². The molecule has 6 heteroatoms. The number of thiophene rings is 1. The number of aryl methyl sites for hydroxylation is 1. The molecule has 114 valence electrons. The van der Waals surface area contributed by atoms with Crippen LogP contribution in [0.1, 0.15) is 5.56 Å². The van der Waals surface area contributed by atoms with Gasteiger partial charge in [-0.2, -0.15) is 4.28 Å². The lowest BCUT2D eigenvalue weighted by molar-refractivity contribution is -0.0979. The van der Waals surface area contributed by atoms with Crippen LogP contribution in [0.2, 0.25) is 0 Å². The number of benzene rings is 2. The van der Waals surface area contributed by atoms with Gasteiger partial charge in [-0.15, -0.1) is 11.3 Å². The predicted molar refractivity (Wildman–Crippen MR) is 91.2 cm³/mol. The lowest BCUT2D eigenvalue weighted by atomic mass is 10.2. The van der Waals surface area contributed by atoms with Gasteiger partial charge in [-0.25, -0.2) is 4.21 Å². The number of fused-ring (bicyclic) bond motifs is 1. The van der Waals surface area contributed by atoms with Gasteiger partial charge in [-0.05, 0) is 48.0 Å². The Morgan fingerprint density at radius 1 is 1.09 bits per heavy atom. The lowest BCUT2D eigenvalue weighted by Crippen LogP contribution is -2.05. The van der Waals surface area contributed by atoms with Crippen LogP contribution in [0.5, 0.6) is 0 Å². The van der Waals surface area contributed by atoms with E-state index in [0.29, 0.717) is 4.90 Å². The summed E-state index contributed by atoms with van der Waals surface area (Å²) in [5.41, 5.74) is 4.66. The first-order chi connectivity index (χ1) is 10.7. The molecule has 22 heavy (non-hydrogen) atoms. The second-order valence-electron chi connectivity index (χ2n) is 4.41. The first-order valence-electron chi connectivity index (χ1n) is 6.40. The first kappa shape index (κ1) is 16.4. The highest BCUT2D eigenvalue weighted by Gasteiger charge is 2.05. The average molecular weight is 333 g/mol. The second kappa shape index (κ2) is 7.84.